The summed E-state index contributed by atoms with van der Waals surface area (Å²) in [6, 6.07) is 5.57. The number of aromatic nitrogens is 1. The largest absolute Gasteiger partial charge is 0.478 e. The fraction of sp³-hybridized carbons (Fsp3) is 0.333. The van der Waals surface area contributed by atoms with Gasteiger partial charge < -0.3 is 4.74 Å². The molecule has 1 aromatic rings. The summed E-state index contributed by atoms with van der Waals surface area (Å²) in [4.78, 5) is 4.09. The zero-order valence-electron chi connectivity index (χ0n) is 7.71. The number of hydrogen-bond acceptors (Lipinski definition) is 3. The van der Waals surface area contributed by atoms with Crippen LogP contribution in [0.4, 0.5) is 0 Å². The van der Waals surface area contributed by atoms with Crippen LogP contribution in [0.25, 0.3) is 0 Å². The highest BCUT2D eigenvalue weighted by molar-refractivity contribution is 6.76. The van der Waals surface area contributed by atoms with Gasteiger partial charge in [0.1, 0.15) is 0 Å². The first-order chi connectivity index (χ1) is 7.00. The molecule has 0 atom stereocenters. The molecule has 3 nitrogen and oxygen atoms in total. The number of nitrogens with one attached hydrogen (secondary N) is 1. The van der Waals surface area contributed by atoms with Crippen molar-refractivity contribution >= 4 is 40.7 Å². The van der Waals surface area contributed by atoms with Gasteiger partial charge in [-0.25, -0.2) is 0 Å². The first-order valence-corrected chi connectivity index (χ1v) is 5.32. The predicted octanol–water partition coefficient (Wildman–Crippen LogP) is 2.99. The minimum atomic E-state index is -1.79. The lowest BCUT2D eigenvalue weighted by molar-refractivity contribution is 0.299. The normalized spacial score (nSPS) is 11.1. The van der Waals surface area contributed by atoms with E-state index in [1.165, 1.54) is 0 Å². The molecule has 1 rings (SSSR count). The second-order valence-corrected chi connectivity index (χ2v) is 5.03. The predicted molar refractivity (Wildman–Crippen MR) is 61.9 cm³/mol. The Labute approximate surface area is 103 Å². The number of ether oxygens (including phenoxy) is 1. The molecule has 1 heterocycles. The molecular weight excluding hydrogens is 258 g/mol. The third kappa shape index (κ3) is 4.69. The lowest BCUT2D eigenvalue weighted by Crippen LogP contribution is -2.22. The van der Waals surface area contributed by atoms with E-state index < -0.39 is 3.79 Å². The summed E-state index contributed by atoms with van der Waals surface area (Å²) in [6.45, 7) is 0.268. The van der Waals surface area contributed by atoms with Gasteiger partial charge in [0.25, 0.3) is 3.79 Å². The zero-order chi connectivity index (χ0) is 11.3. The summed E-state index contributed by atoms with van der Waals surface area (Å²) in [7, 11) is 0. The monoisotopic (exact) mass is 266 g/mol. The van der Waals surface area contributed by atoms with E-state index in [9.17, 15) is 0 Å². The summed E-state index contributed by atoms with van der Waals surface area (Å²) in [5.41, 5.74) is 0.870. The summed E-state index contributed by atoms with van der Waals surface area (Å²) in [5, 5.41) is 7.27. The highest BCUT2D eigenvalue weighted by Gasteiger charge is 2.28. The van der Waals surface area contributed by atoms with Gasteiger partial charge in [-0.3, -0.25) is 10.4 Å². The first kappa shape index (κ1) is 12.6. The van der Waals surface area contributed by atoms with E-state index in [1.807, 2.05) is 18.2 Å². The van der Waals surface area contributed by atoms with Crippen molar-refractivity contribution in [2.75, 3.05) is 6.61 Å². The van der Waals surface area contributed by atoms with Crippen LogP contribution in [0.15, 0.2) is 24.4 Å². The molecule has 0 unspecified atom stereocenters. The average molecular weight is 268 g/mol. The van der Waals surface area contributed by atoms with E-state index in [-0.39, 0.29) is 12.5 Å². The van der Waals surface area contributed by atoms with Crippen molar-refractivity contribution in [1.82, 2.24) is 4.98 Å². The zero-order valence-corrected chi connectivity index (χ0v) is 9.98. The van der Waals surface area contributed by atoms with E-state index in [2.05, 4.69) is 4.98 Å². The van der Waals surface area contributed by atoms with Crippen LogP contribution in [0.5, 0.6) is 0 Å². The van der Waals surface area contributed by atoms with Crippen LogP contribution in [0.1, 0.15) is 5.69 Å². The van der Waals surface area contributed by atoms with Crippen LogP contribution in [-0.4, -0.2) is 21.3 Å². The standard InChI is InChI=1S/C9H9Cl3N2O/c10-9(11,12)8(13)15-6-4-7-3-1-2-5-14-7/h1-3,5,13H,4,6H2. The minimum Gasteiger partial charge on any atom is -0.478 e. The van der Waals surface area contributed by atoms with E-state index in [0.29, 0.717) is 6.42 Å². The van der Waals surface area contributed by atoms with Crippen molar-refractivity contribution in [2.24, 2.45) is 0 Å². The van der Waals surface area contributed by atoms with Crippen molar-refractivity contribution in [3.05, 3.63) is 30.1 Å². The third-order valence-corrected chi connectivity index (χ3v) is 2.10. The van der Waals surface area contributed by atoms with Crippen LogP contribution in [0.2, 0.25) is 0 Å². The van der Waals surface area contributed by atoms with Gasteiger partial charge in [0, 0.05) is 18.3 Å². The van der Waals surface area contributed by atoms with Crippen molar-refractivity contribution in [2.45, 2.75) is 10.2 Å². The van der Waals surface area contributed by atoms with E-state index >= 15 is 0 Å². The summed E-state index contributed by atoms with van der Waals surface area (Å²) >= 11 is 16.3. The van der Waals surface area contributed by atoms with E-state index in [1.54, 1.807) is 6.20 Å². The van der Waals surface area contributed by atoms with Crippen LogP contribution in [0.3, 0.4) is 0 Å². The molecular formula is C9H9Cl3N2O. The van der Waals surface area contributed by atoms with Gasteiger partial charge in [0.2, 0.25) is 5.90 Å². The lowest BCUT2D eigenvalue weighted by atomic mass is 10.3. The molecule has 82 valence electrons. The Kier molecular flexibility index (Phi) is 4.64. The Morgan fingerprint density at radius 2 is 2.13 bits per heavy atom. The number of hydrogen-bond donors (Lipinski definition) is 1. The third-order valence-electron chi connectivity index (χ3n) is 1.59. The number of rotatable bonds is 3. The van der Waals surface area contributed by atoms with Crippen molar-refractivity contribution in [3.63, 3.8) is 0 Å². The van der Waals surface area contributed by atoms with Gasteiger partial charge >= 0.3 is 0 Å². The lowest BCUT2D eigenvalue weighted by Gasteiger charge is -2.13. The second-order valence-electron chi connectivity index (χ2n) is 2.75. The van der Waals surface area contributed by atoms with Gasteiger partial charge in [0.05, 0.1) is 6.61 Å². The topological polar surface area (TPSA) is 46.0 Å². The summed E-state index contributed by atoms with van der Waals surface area (Å²) < 4.78 is 3.17. The summed E-state index contributed by atoms with van der Waals surface area (Å²) in [5.74, 6) is -0.372. The molecule has 0 fully saturated rings. The first-order valence-electron chi connectivity index (χ1n) is 4.18. The minimum absolute atomic E-state index is 0.268. The number of pyridine rings is 1. The van der Waals surface area contributed by atoms with Crippen LogP contribution >= 0.6 is 34.8 Å². The molecule has 0 aromatic carbocycles. The number of nitrogens with zero attached hydrogens (tertiary/aromatic N) is 1. The Bertz CT molecular complexity index is 324. The van der Waals surface area contributed by atoms with Crippen molar-refractivity contribution < 1.29 is 4.74 Å². The smallest absolute Gasteiger partial charge is 0.265 e. The van der Waals surface area contributed by atoms with Crippen molar-refractivity contribution in [1.29, 1.82) is 5.41 Å². The molecule has 0 aliphatic heterocycles. The Balaban J connectivity index is 2.32. The van der Waals surface area contributed by atoms with Crippen LogP contribution < -0.4 is 0 Å². The maximum Gasteiger partial charge on any atom is 0.265 e. The fourth-order valence-electron chi connectivity index (χ4n) is 0.886. The quantitative estimate of drug-likeness (QED) is 0.520. The number of halogens is 3. The molecule has 0 bridgehead atoms. The molecule has 1 N–H and O–H groups in total. The van der Waals surface area contributed by atoms with Gasteiger partial charge in [-0.05, 0) is 12.1 Å². The Morgan fingerprint density at radius 1 is 1.40 bits per heavy atom. The second kappa shape index (κ2) is 5.54. The van der Waals surface area contributed by atoms with Gasteiger partial charge in [-0.1, -0.05) is 40.9 Å². The molecule has 1 aromatic heterocycles. The van der Waals surface area contributed by atoms with Crippen LogP contribution in [0, 0.1) is 5.41 Å². The fourth-order valence-corrected chi connectivity index (χ4v) is 1.05. The summed E-state index contributed by atoms with van der Waals surface area (Å²) in [6.07, 6.45) is 2.26. The molecule has 0 radical (unpaired) electrons. The highest BCUT2D eigenvalue weighted by Crippen LogP contribution is 2.27. The number of alkyl halides is 3. The molecule has 6 heteroatoms. The van der Waals surface area contributed by atoms with Crippen LogP contribution in [-0.2, 0) is 11.2 Å². The maximum atomic E-state index is 7.27. The SMILES string of the molecule is N=C(OCCc1ccccn1)C(Cl)(Cl)Cl. The Hall–Kier alpha value is -0.510. The average Bonchev–Trinajstić information content (AvgIpc) is 2.18. The molecule has 0 amide bonds. The van der Waals surface area contributed by atoms with Crippen molar-refractivity contribution in [3.8, 4) is 0 Å². The van der Waals surface area contributed by atoms with Gasteiger partial charge in [-0.15, -0.1) is 0 Å². The molecule has 0 aliphatic rings. The molecule has 15 heavy (non-hydrogen) atoms. The molecule has 0 saturated carbocycles. The molecule has 0 aliphatic carbocycles. The maximum absolute atomic E-state index is 7.27. The van der Waals surface area contributed by atoms with Gasteiger partial charge in [0.15, 0.2) is 0 Å². The van der Waals surface area contributed by atoms with E-state index in [0.717, 1.165) is 5.69 Å². The highest BCUT2D eigenvalue weighted by atomic mass is 35.6. The Morgan fingerprint density at radius 3 is 2.67 bits per heavy atom. The molecule has 0 saturated heterocycles. The van der Waals surface area contributed by atoms with E-state index in [4.69, 9.17) is 44.9 Å². The molecule has 0 spiro atoms. The van der Waals surface area contributed by atoms with Gasteiger partial charge in [-0.2, -0.15) is 0 Å².